The molecule has 0 bridgehead atoms. The molecule has 3 aromatic rings. The SMILES string of the molecule is c1csc(-c2nc(N3CCCNCC3)c3ccccc3n2)c1. The molecule has 0 saturated carbocycles. The van der Waals surface area contributed by atoms with Crippen molar-refractivity contribution in [2.45, 2.75) is 6.42 Å². The van der Waals surface area contributed by atoms with Gasteiger partial charge >= 0.3 is 0 Å². The molecule has 0 spiro atoms. The lowest BCUT2D eigenvalue weighted by Gasteiger charge is -2.23. The highest BCUT2D eigenvalue weighted by Crippen LogP contribution is 2.29. The molecule has 0 radical (unpaired) electrons. The van der Waals surface area contributed by atoms with Gasteiger partial charge in [-0.25, -0.2) is 9.97 Å². The molecular formula is C17H18N4S. The van der Waals surface area contributed by atoms with E-state index in [2.05, 4.69) is 39.9 Å². The number of fused-ring (bicyclic) bond motifs is 1. The molecule has 0 amide bonds. The molecule has 22 heavy (non-hydrogen) atoms. The van der Waals surface area contributed by atoms with E-state index in [0.29, 0.717) is 0 Å². The molecule has 1 aromatic carbocycles. The first-order valence-corrected chi connectivity index (χ1v) is 8.56. The van der Waals surface area contributed by atoms with E-state index in [1.807, 2.05) is 12.1 Å². The van der Waals surface area contributed by atoms with Crippen LogP contribution in [-0.4, -0.2) is 36.1 Å². The van der Waals surface area contributed by atoms with Crippen molar-refractivity contribution in [3.05, 3.63) is 41.8 Å². The Balaban J connectivity index is 1.87. The maximum absolute atomic E-state index is 4.91. The smallest absolute Gasteiger partial charge is 0.172 e. The second-order valence-electron chi connectivity index (χ2n) is 5.46. The van der Waals surface area contributed by atoms with Crippen molar-refractivity contribution in [2.24, 2.45) is 0 Å². The molecular weight excluding hydrogens is 292 g/mol. The van der Waals surface area contributed by atoms with Crippen LogP contribution in [0.15, 0.2) is 41.8 Å². The molecule has 1 N–H and O–H groups in total. The predicted octanol–water partition coefficient (Wildman–Crippen LogP) is 3.16. The minimum absolute atomic E-state index is 0.834. The minimum atomic E-state index is 0.834. The average molecular weight is 310 g/mol. The Kier molecular flexibility index (Phi) is 3.74. The molecule has 1 fully saturated rings. The summed E-state index contributed by atoms with van der Waals surface area (Å²) < 4.78 is 0. The summed E-state index contributed by atoms with van der Waals surface area (Å²) in [6.07, 6.45) is 1.15. The molecule has 1 saturated heterocycles. The molecule has 1 aliphatic rings. The van der Waals surface area contributed by atoms with Crippen LogP contribution in [0.3, 0.4) is 0 Å². The second-order valence-corrected chi connectivity index (χ2v) is 6.40. The van der Waals surface area contributed by atoms with Crippen LogP contribution >= 0.6 is 11.3 Å². The van der Waals surface area contributed by atoms with Crippen molar-refractivity contribution in [1.29, 1.82) is 0 Å². The number of aromatic nitrogens is 2. The summed E-state index contributed by atoms with van der Waals surface area (Å²) in [5.41, 5.74) is 1.02. The molecule has 112 valence electrons. The van der Waals surface area contributed by atoms with E-state index in [-0.39, 0.29) is 0 Å². The molecule has 0 atom stereocenters. The third kappa shape index (κ3) is 2.58. The van der Waals surface area contributed by atoms with Crippen molar-refractivity contribution >= 4 is 28.1 Å². The summed E-state index contributed by atoms with van der Waals surface area (Å²) in [6, 6.07) is 12.4. The number of para-hydroxylation sites is 1. The van der Waals surface area contributed by atoms with E-state index in [1.165, 1.54) is 0 Å². The molecule has 3 heterocycles. The summed E-state index contributed by atoms with van der Waals surface area (Å²) in [5, 5.41) is 6.67. The number of anilines is 1. The van der Waals surface area contributed by atoms with Crippen molar-refractivity contribution in [2.75, 3.05) is 31.1 Å². The highest BCUT2D eigenvalue weighted by molar-refractivity contribution is 7.13. The molecule has 5 heteroatoms. The monoisotopic (exact) mass is 310 g/mol. The number of benzene rings is 1. The largest absolute Gasteiger partial charge is 0.355 e. The molecule has 0 aliphatic carbocycles. The molecule has 4 nitrogen and oxygen atoms in total. The predicted molar refractivity (Wildman–Crippen MR) is 92.6 cm³/mol. The van der Waals surface area contributed by atoms with Gasteiger partial charge in [-0.15, -0.1) is 11.3 Å². The van der Waals surface area contributed by atoms with Gasteiger partial charge in [0, 0.05) is 25.0 Å². The zero-order chi connectivity index (χ0) is 14.8. The normalized spacial score (nSPS) is 15.9. The first-order chi connectivity index (χ1) is 10.9. The Morgan fingerprint density at radius 3 is 2.86 bits per heavy atom. The summed E-state index contributed by atoms with van der Waals surface area (Å²) in [7, 11) is 0. The summed E-state index contributed by atoms with van der Waals surface area (Å²) in [6.45, 7) is 4.12. The summed E-state index contributed by atoms with van der Waals surface area (Å²) in [4.78, 5) is 13.2. The summed E-state index contributed by atoms with van der Waals surface area (Å²) >= 11 is 1.69. The van der Waals surface area contributed by atoms with Gasteiger partial charge in [-0.2, -0.15) is 0 Å². The van der Waals surface area contributed by atoms with E-state index >= 15 is 0 Å². The van der Waals surface area contributed by atoms with Gasteiger partial charge in [-0.3, -0.25) is 0 Å². The third-order valence-electron chi connectivity index (χ3n) is 3.96. The third-order valence-corrected chi connectivity index (χ3v) is 4.83. The van der Waals surface area contributed by atoms with Crippen LogP contribution in [-0.2, 0) is 0 Å². The standard InChI is InChI=1S/C17H18N4S/c1-2-6-14-13(5-1)17(21-10-4-8-18-9-11-21)20-16(19-14)15-7-3-12-22-15/h1-3,5-7,12,18H,4,8-11H2. The number of hydrogen-bond donors (Lipinski definition) is 1. The highest BCUT2D eigenvalue weighted by atomic mass is 32.1. The Morgan fingerprint density at radius 1 is 1.00 bits per heavy atom. The van der Waals surface area contributed by atoms with E-state index < -0.39 is 0 Å². The van der Waals surface area contributed by atoms with Gasteiger partial charge in [0.2, 0.25) is 0 Å². The summed E-state index contributed by atoms with van der Waals surface area (Å²) in [5.74, 6) is 1.90. The van der Waals surface area contributed by atoms with Gasteiger partial charge < -0.3 is 10.2 Å². The minimum Gasteiger partial charge on any atom is -0.355 e. The van der Waals surface area contributed by atoms with Gasteiger partial charge in [0.1, 0.15) is 5.82 Å². The van der Waals surface area contributed by atoms with Crippen LogP contribution in [0.2, 0.25) is 0 Å². The van der Waals surface area contributed by atoms with E-state index in [4.69, 9.17) is 9.97 Å². The fourth-order valence-electron chi connectivity index (χ4n) is 2.87. The number of nitrogens with zero attached hydrogens (tertiary/aromatic N) is 3. The van der Waals surface area contributed by atoms with Gasteiger partial charge in [0.15, 0.2) is 5.82 Å². The van der Waals surface area contributed by atoms with E-state index in [1.54, 1.807) is 11.3 Å². The molecule has 1 aliphatic heterocycles. The Hall–Kier alpha value is -1.98. The second kappa shape index (κ2) is 6.02. The van der Waals surface area contributed by atoms with Crippen molar-refractivity contribution < 1.29 is 0 Å². The maximum atomic E-state index is 4.91. The number of thiophene rings is 1. The fourth-order valence-corrected chi connectivity index (χ4v) is 3.53. The number of hydrogen-bond acceptors (Lipinski definition) is 5. The first kappa shape index (κ1) is 13.7. The molecule has 0 unspecified atom stereocenters. The van der Waals surface area contributed by atoms with E-state index in [9.17, 15) is 0 Å². The molecule has 4 rings (SSSR count). The topological polar surface area (TPSA) is 41.1 Å². The Morgan fingerprint density at radius 2 is 1.95 bits per heavy atom. The Labute approximate surface area is 133 Å². The zero-order valence-corrected chi connectivity index (χ0v) is 13.1. The van der Waals surface area contributed by atoms with Gasteiger partial charge in [-0.1, -0.05) is 18.2 Å². The first-order valence-electron chi connectivity index (χ1n) is 7.68. The number of rotatable bonds is 2. The quantitative estimate of drug-likeness (QED) is 0.789. The lowest BCUT2D eigenvalue weighted by atomic mass is 10.2. The van der Waals surface area contributed by atoms with E-state index in [0.717, 1.165) is 60.0 Å². The molecule has 2 aromatic heterocycles. The maximum Gasteiger partial charge on any atom is 0.172 e. The van der Waals surface area contributed by atoms with Crippen LogP contribution < -0.4 is 10.2 Å². The van der Waals surface area contributed by atoms with Crippen LogP contribution in [0.5, 0.6) is 0 Å². The Bertz CT molecular complexity index is 761. The van der Waals surface area contributed by atoms with Crippen LogP contribution in [0, 0.1) is 0 Å². The van der Waals surface area contributed by atoms with Crippen molar-refractivity contribution in [3.8, 4) is 10.7 Å². The number of nitrogens with one attached hydrogen (secondary N) is 1. The van der Waals surface area contributed by atoms with Gasteiger partial charge in [0.25, 0.3) is 0 Å². The van der Waals surface area contributed by atoms with Crippen LogP contribution in [0.25, 0.3) is 21.6 Å². The lowest BCUT2D eigenvalue weighted by Crippen LogP contribution is -2.29. The zero-order valence-electron chi connectivity index (χ0n) is 12.3. The van der Waals surface area contributed by atoms with Crippen molar-refractivity contribution in [1.82, 2.24) is 15.3 Å². The van der Waals surface area contributed by atoms with Crippen molar-refractivity contribution in [3.63, 3.8) is 0 Å². The van der Waals surface area contributed by atoms with Crippen LogP contribution in [0.4, 0.5) is 5.82 Å². The lowest BCUT2D eigenvalue weighted by molar-refractivity contribution is 0.724. The van der Waals surface area contributed by atoms with Gasteiger partial charge in [-0.05, 0) is 36.5 Å². The average Bonchev–Trinajstić information content (AvgIpc) is 2.97. The fraction of sp³-hybridized carbons (Fsp3) is 0.294. The van der Waals surface area contributed by atoms with Crippen LogP contribution in [0.1, 0.15) is 6.42 Å². The van der Waals surface area contributed by atoms with Gasteiger partial charge in [0.05, 0.1) is 10.4 Å². The highest BCUT2D eigenvalue weighted by Gasteiger charge is 2.16.